The molecule has 1 aromatic rings. The Balaban J connectivity index is 2.33. The number of anilines is 1. The highest BCUT2D eigenvalue weighted by Crippen LogP contribution is 2.28. The van der Waals surface area contributed by atoms with Gasteiger partial charge in [-0.15, -0.1) is 6.58 Å². The van der Waals surface area contributed by atoms with Gasteiger partial charge in [-0.25, -0.2) is 13.4 Å². The number of aromatic nitrogens is 1. The maximum atomic E-state index is 12.6. The highest BCUT2D eigenvalue weighted by molar-refractivity contribution is 7.89. The minimum atomic E-state index is -3.52. The standard InChI is InChI=1S/C13H19N3O2S/c1-2-9-16(11-5-3-4-6-11)19(17,18)12-7-8-13(14)15-10-12/h2,7-8,10-11H,1,3-6,9H2,(H2,14,15). The number of hydrogen-bond donors (Lipinski definition) is 1. The van der Waals surface area contributed by atoms with Gasteiger partial charge in [-0.05, 0) is 25.0 Å². The Hall–Kier alpha value is -1.40. The van der Waals surface area contributed by atoms with Gasteiger partial charge in [-0.1, -0.05) is 18.9 Å². The van der Waals surface area contributed by atoms with E-state index in [1.165, 1.54) is 22.6 Å². The van der Waals surface area contributed by atoms with Gasteiger partial charge in [0.25, 0.3) is 0 Å². The predicted molar refractivity (Wildman–Crippen MR) is 75.0 cm³/mol. The molecule has 1 aliphatic rings. The molecule has 104 valence electrons. The second-order valence-corrected chi connectivity index (χ2v) is 6.61. The highest BCUT2D eigenvalue weighted by atomic mass is 32.2. The molecular formula is C13H19N3O2S. The normalized spacial score (nSPS) is 16.9. The first-order valence-electron chi connectivity index (χ1n) is 6.40. The summed E-state index contributed by atoms with van der Waals surface area (Å²) in [4.78, 5) is 4.05. The van der Waals surface area contributed by atoms with E-state index in [-0.39, 0.29) is 10.9 Å². The summed E-state index contributed by atoms with van der Waals surface area (Å²) >= 11 is 0. The van der Waals surface area contributed by atoms with Crippen LogP contribution in [0.5, 0.6) is 0 Å². The molecule has 0 aromatic carbocycles. The van der Waals surface area contributed by atoms with Gasteiger partial charge in [0, 0.05) is 18.8 Å². The minimum absolute atomic E-state index is 0.0700. The zero-order valence-electron chi connectivity index (χ0n) is 10.8. The molecule has 2 rings (SSSR count). The number of nitrogens with zero attached hydrogens (tertiary/aromatic N) is 2. The molecule has 0 unspecified atom stereocenters. The quantitative estimate of drug-likeness (QED) is 0.835. The Morgan fingerprint density at radius 1 is 1.42 bits per heavy atom. The van der Waals surface area contributed by atoms with Gasteiger partial charge in [0.2, 0.25) is 10.0 Å². The zero-order valence-corrected chi connectivity index (χ0v) is 11.6. The minimum Gasteiger partial charge on any atom is -0.384 e. The van der Waals surface area contributed by atoms with Crippen LogP contribution in [0.2, 0.25) is 0 Å². The largest absolute Gasteiger partial charge is 0.384 e. The Morgan fingerprint density at radius 3 is 2.63 bits per heavy atom. The summed E-state index contributed by atoms with van der Waals surface area (Å²) in [6, 6.07) is 3.08. The van der Waals surface area contributed by atoms with E-state index < -0.39 is 10.0 Å². The summed E-state index contributed by atoms with van der Waals surface area (Å²) in [5.41, 5.74) is 5.49. The lowest BCUT2D eigenvalue weighted by molar-refractivity contribution is 0.347. The summed E-state index contributed by atoms with van der Waals surface area (Å²) in [6.45, 7) is 3.98. The van der Waals surface area contributed by atoms with Crippen molar-refractivity contribution in [3.05, 3.63) is 31.0 Å². The van der Waals surface area contributed by atoms with Gasteiger partial charge in [0.1, 0.15) is 10.7 Å². The number of rotatable bonds is 5. The van der Waals surface area contributed by atoms with E-state index in [4.69, 9.17) is 5.73 Å². The first-order valence-corrected chi connectivity index (χ1v) is 7.84. The maximum absolute atomic E-state index is 12.6. The molecule has 6 heteroatoms. The molecule has 1 saturated carbocycles. The van der Waals surface area contributed by atoms with Crippen LogP contribution in [0.1, 0.15) is 25.7 Å². The van der Waals surface area contributed by atoms with Crippen LogP contribution in [-0.2, 0) is 10.0 Å². The lowest BCUT2D eigenvalue weighted by atomic mass is 10.2. The smallest absolute Gasteiger partial charge is 0.245 e. The van der Waals surface area contributed by atoms with Crippen molar-refractivity contribution in [1.82, 2.24) is 9.29 Å². The fourth-order valence-corrected chi connectivity index (χ4v) is 4.04. The third-order valence-electron chi connectivity index (χ3n) is 3.41. The van der Waals surface area contributed by atoms with Crippen molar-refractivity contribution < 1.29 is 8.42 Å². The summed E-state index contributed by atoms with van der Waals surface area (Å²) in [6.07, 6.45) is 6.92. The molecule has 1 aromatic heterocycles. The maximum Gasteiger partial charge on any atom is 0.245 e. The van der Waals surface area contributed by atoms with E-state index in [0.29, 0.717) is 12.4 Å². The number of pyridine rings is 1. The van der Waals surface area contributed by atoms with Gasteiger partial charge in [0.15, 0.2) is 0 Å². The van der Waals surface area contributed by atoms with E-state index in [9.17, 15) is 8.42 Å². The molecule has 1 heterocycles. The van der Waals surface area contributed by atoms with Gasteiger partial charge in [-0.3, -0.25) is 0 Å². The van der Waals surface area contributed by atoms with E-state index >= 15 is 0 Å². The van der Waals surface area contributed by atoms with Gasteiger partial charge >= 0.3 is 0 Å². The second-order valence-electron chi connectivity index (χ2n) is 4.72. The molecule has 1 fully saturated rings. The fraction of sp³-hybridized carbons (Fsp3) is 0.462. The van der Waals surface area contributed by atoms with Crippen LogP contribution in [0, 0.1) is 0 Å². The van der Waals surface area contributed by atoms with E-state index in [1.807, 2.05) is 0 Å². The lowest BCUT2D eigenvalue weighted by Gasteiger charge is -2.26. The third kappa shape index (κ3) is 2.96. The Kier molecular flexibility index (Phi) is 4.21. The van der Waals surface area contributed by atoms with Crippen LogP contribution >= 0.6 is 0 Å². The molecule has 0 saturated heterocycles. The summed E-state index contributed by atoms with van der Waals surface area (Å²) in [7, 11) is -3.52. The molecule has 0 aliphatic heterocycles. The average Bonchev–Trinajstić information content (AvgIpc) is 2.89. The van der Waals surface area contributed by atoms with Crippen molar-refractivity contribution in [2.45, 2.75) is 36.6 Å². The van der Waals surface area contributed by atoms with E-state index in [1.54, 1.807) is 6.08 Å². The molecule has 1 aliphatic carbocycles. The van der Waals surface area contributed by atoms with Crippen molar-refractivity contribution in [3.63, 3.8) is 0 Å². The van der Waals surface area contributed by atoms with Crippen LogP contribution in [0.25, 0.3) is 0 Å². The van der Waals surface area contributed by atoms with E-state index in [0.717, 1.165) is 25.7 Å². The van der Waals surface area contributed by atoms with Crippen LogP contribution in [0.4, 0.5) is 5.82 Å². The monoisotopic (exact) mass is 281 g/mol. The van der Waals surface area contributed by atoms with Crippen LogP contribution in [0.15, 0.2) is 35.9 Å². The summed E-state index contributed by atoms with van der Waals surface area (Å²) in [5.74, 6) is 0.315. The molecule has 0 bridgehead atoms. The van der Waals surface area contributed by atoms with Crippen molar-refractivity contribution in [2.75, 3.05) is 12.3 Å². The Bertz CT molecular complexity index is 534. The van der Waals surface area contributed by atoms with Crippen molar-refractivity contribution in [1.29, 1.82) is 0 Å². The SMILES string of the molecule is C=CCN(C1CCCC1)S(=O)(=O)c1ccc(N)nc1. The molecule has 0 spiro atoms. The Morgan fingerprint density at radius 2 is 2.11 bits per heavy atom. The van der Waals surface area contributed by atoms with Gasteiger partial charge < -0.3 is 5.73 Å². The predicted octanol–water partition coefficient (Wildman–Crippen LogP) is 1.78. The molecule has 0 amide bonds. The van der Waals surface area contributed by atoms with Crippen LogP contribution in [-0.4, -0.2) is 30.3 Å². The number of hydrogen-bond acceptors (Lipinski definition) is 4. The van der Waals surface area contributed by atoms with Crippen LogP contribution < -0.4 is 5.73 Å². The Labute approximate surface area is 114 Å². The third-order valence-corrected chi connectivity index (χ3v) is 5.31. The topological polar surface area (TPSA) is 76.3 Å². The second kappa shape index (κ2) is 5.71. The fourth-order valence-electron chi connectivity index (χ4n) is 2.44. The molecule has 0 atom stereocenters. The summed E-state index contributed by atoms with van der Waals surface area (Å²) in [5, 5.41) is 0. The lowest BCUT2D eigenvalue weighted by Crippen LogP contribution is -2.38. The molecule has 5 nitrogen and oxygen atoms in total. The first-order chi connectivity index (χ1) is 9.05. The number of nitrogen functional groups attached to an aromatic ring is 1. The van der Waals surface area contributed by atoms with E-state index in [2.05, 4.69) is 11.6 Å². The highest BCUT2D eigenvalue weighted by Gasteiger charge is 2.32. The molecular weight excluding hydrogens is 262 g/mol. The van der Waals surface area contributed by atoms with Crippen LogP contribution in [0.3, 0.4) is 0 Å². The first kappa shape index (κ1) is 14.0. The number of nitrogens with two attached hydrogens (primary N) is 1. The summed E-state index contributed by atoms with van der Waals surface area (Å²) < 4.78 is 26.8. The molecule has 2 N–H and O–H groups in total. The van der Waals surface area contributed by atoms with Crippen molar-refractivity contribution >= 4 is 15.8 Å². The van der Waals surface area contributed by atoms with Crippen molar-refractivity contribution in [3.8, 4) is 0 Å². The van der Waals surface area contributed by atoms with Gasteiger partial charge in [-0.2, -0.15) is 4.31 Å². The zero-order chi connectivity index (χ0) is 13.9. The number of sulfonamides is 1. The molecule has 19 heavy (non-hydrogen) atoms. The average molecular weight is 281 g/mol. The van der Waals surface area contributed by atoms with Gasteiger partial charge in [0.05, 0.1) is 0 Å². The molecule has 0 radical (unpaired) electrons. The van der Waals surface area contributed by atoms with Crippen molar-refractivity contribution in [2.24, 2.45) is 0 Å².